The van der Waals surface area contributed by atoms with E-state index < -0.39 is 35.4 Å². The number of halogens is 6. The van der Waals surface area contributed by atoms with E-state index in [1.165, 1.54) is 0 Å². The van der Waals surface area contributed by atoms with Crippen LogP contribution in [0, 0.1) is 0 Å². The SMILES string of the molecule is CCC(=O)NC(CCC(=O)CCCOCCOCCOCCCS(=O)(=O)c1cccc([C@@H]2CN(C)Cc3c(Cl)cc(Cl)cc32)c1)(CCC(=O)NCCOCCOCCOCCNS(=O)(=O)c1cccc([C@@H]2CN(C)Cc3c(Cl)cc(Cl)cc32)c1)CCC(=O)NCCOCCOCCOCCNS(=O)(=O)c1cccc([C@@H]2CN(C)Cc3c(Cl)cc(Cl)cc32)c1. The molecule has 6 aromatic carbocycles. The van der Waals surface area contributed by atoms with Crippen molar-refractivity contribution in [1.82, 2.24) is 40.1 Å². The van der Waals surface area contributed by atoms with E-state index in [0.29, 0.717) is 82.2 Å². The number of fused-ring (bicyclic) bond motifs is 3. The second-order valence-electron chi connectivity index (χ2n) is 30.8. The highest BCUT2D eigenvalue weighted by atomic mass is 35.5. The minimum atomic E-state index is -3.86. The van der Waals surface area contributed by atoms with Gasteiger partial charge in [0.05, 0.1) is 126 Å². The van der Waals surface area contributed by atoms with E-state index in [0.717, 1.165) is 50.1 Å². The van der Waals surface area contributed by atoms with Crippen molar-refractivity contribution < 1.29 is 87.1 Å². The highest BCUT2D eigenvalue weighted by Gasteiger charge is 2.36. The first-order valence-corrected chi connectivity index (χ1v) is 48.5. The number of ketones is 1. The molecule has 0 bridgehead atoms. The first-order valence-electron chi connectivity index (χ1n) is 41.6. The molecule has 0 unspecified atom stereocenters. The molecule has 3 aliphatic rings. The number of Topliss-reactive ketones (excluding diaryl/α,β-unsaturated/α-hetero) is 1. The summed E-state index contributed by atoms with van der Waals surface area (Å²) >= 11 is 38.9. The second-order valence-corrected chi connectivity index (χ2v) is 39.0. The molecule has 36 heteroatoms. The van der Waals surface area contributed by atoms with Crippen LogP contribution < -0.4 is 25.4 Å². The fraction of sp³-hybridized carbons (Fsp3) is 0.540. The molecule has 9 rings (SSSR count). The van der Waals surface area contributed by atoms with Gasteiger partial charge in [0.2, 0.25) is 37.8 Å². The van der Waals surface area contributed by atoms with Gasteiger partial charge in [0.25, 0.3) is 0 Å². The lowest BCUT2D eigenvalue weighted by atomic mass is 9.82. The van der Waals surface area contributed by atoms with E-state index in [4.69, 9.17) is 112 Å². The molecule has 5 N–H and O–H groups in total. The average Bonchev–Trinajstić information content (AvgIpc) is 0.780. The van der Waals surface area contributed by atoms with E-state index in [9.17, 15) is 44.4 Å². The fourth-order valence-electron chi connectivity index (χ4n) is 15.1. The molecule has 0 saturated carbocycles. The van der Waals surface area contributed by atoms with Gasteiger partial charge in [-0.15, -0.1) is 0 Å². The van der Waals surface area contributed by atoms with Crippen LogP contribution in [0.3, 0.4) is 0 Å². The Morgan fingerprint density at radius 3 is 1.09 bits per heavy atom. The Kier molecular flexibility index (Phi) is 42.4. The summed E-state index contributed by atoms with van der Waals surface area (Å²) in [6.07, 6.45) is 1.41. The monoisotopic (exact) mass is 1880 g/mol. The standard InChI is InChI=1S/C87H116Cl6N8O19S3/c1-5-84(103)98-87(21-18-68(102)14-9-28-112-34-40-118-41-35-113-29-10-46-121(106,107)69-15-6-11-62(47-69)75-56-99(2)59-78-72(75)50-65(88)53-81(78)91,22-19-85(104)94-24-30-114-36-42-119-44-38-116-32-26-96-122(108,109)70-16-7-12-63(48-70)76-57-100(3)60-79-73(76)51-66(89)54-82(79)92)23-20-86(105)95-25-31-115-37-43-120-45-39-117-33-27-97-123(110,111)71-17-8-13-64(49-71)77-58-101(4)61-80-74(77)52-67(90)55-83(80)93/h6-8,11-13,15-17,47-55,75-77,96-97H,5,9-10,14,18-46,56-61H2,1-4H3,(H,94,104)(H,95,105)(H,98,103)/t75-,76-,77-/m0/s1. The summed E-state index contributed by atoms with van der Waals surface area (Å²) in [5.41, 5.74) is 7.27. The highest BCUT2D eigenvalue weighted by Crippen LogP contribution is 2.43. The summed E-state index contributed by atoms with van der Waals surface area (Å²) in [5, 5.41) is 12.1. The third-order valence-electron chi connectivity index (χ3n) is 21.4. The first kappa shape index (κ1) is 101. The topological polar surface area (TPSA) is 324 Å². The van der Waals surface area contributed by atoms with E-state index >= 15 is 0 Å². The molecule has 3 aliphatic heterocycles. The van der Waals surface area contributed by atoms with Gasteiger partial charge in [0.15, 0.2) is 9.84 Å². The Morgan fingerprint density at radius 1 is 0.390 bits per heavy atom. The van der Waals surface area contributed by atoms with E-state index in [-0.39, 0.29) is 258 Å². The normalized spacial score (nSPS) is 16.0. The van der Waals surface area contributed by atoms with Crippen molar-refractivity contribution in [2.75, 3.05) is 192 Å². The summed E-state index contributed by atoms with van der Waals surface area (Å²) in [6, 6.07) is 31.6. The quantitative estimate of drug-likeness (QED) is 0.0222. The number of likely N-dealkylation sites (N-methyl/N-ethyl adjacent to an activating group) is 3. The maximum Gasteiger partial charge on any atom is 0.240 e. The molecule has 678 valence electrons. The predicted octanol–water partition coefficient (Wildman–Crippen LogP) is 11.8. The van der Waals surface area contributed by atoms with Gasteiger partial charge in [-0.05, 0) is 176 Å². The van der Waals surface area contributed by atoms with Gasteiger partial charge in [-0.2, -0.15) is 0 Å². The van der Waals surface area contributed by atoms with Crippen molar-refractivity contribution >= 4 is 123 Å². The van der Waals surface area contributed by atoms with Crippen molar-refractivity contribution in [3.63, 3.8) is 0 Å². The summed E-state index contributed by atoms with van der Waals surface area (Å²) in [5.74, 6) is -1.50. The number of sulfone groups is 1. The lowest BCUT2D eigenvalue weighted by Gasteiger charge is -2.35. The number of rotatable bonds is 57. The maximum atomic E-state index is 13.5. The Morgan fingerprint density at radius 2 is 0.715 bits per heavy atom. The zero-order valence-corrected chi connectivity index (χ0v) is 77.3. The zero-order chi connectivity index (χ0) is 88.4. The number of amides is 3. The van der Waals surface area contributed by atoms with Crippen LogP contribution in [0.15, 0.2) is 124 Å². The number of hydrogen-bond acceptors (Lipinski definition) is 22. The van der Waals surface area contributed by atoms with Gasteiger partial charge in [-0.3, -0.25) is 19.2 Å². The van der Waals surface area contributed by atoms with Crippen LogP contribution in [0.5, 0.6) is 0 Å². The van der Waals surface area contributed by atoms with Gasteiger partial charge in [0, 0.05) is 164 Å². The summed E-state index contributed by atoms with van der Waals surface area (Å²) in [4.78, 5) is 60.7. The average molecular weight is 1890 g/mol. The Balaban J connectivity index is 0.643. The molecular weight excluding hydrogens is 1770 g/mol. The van der Waals surface area contributed by atoms with Crippen LogP contribution in [0.1, 0.15) is 139 Å². The number of ether oxygens (including phenoxy) is 9. The van der Waals surface area contributed by atoms with Crippen molar-refractivity contribution in [3.05, 3.63) is 189 Å². The molecule has 3 amide bonds. The van der Waals surface area contributed by atoms with Crippen LogP contribution >= 0.6 is 69.6 Å². The molecule has 0 aliphatic carbocycles. The van der Waals surface area contributed by atoms with Gasteiger partial charge < -0.3 is 73.3 Å². The number of benzene rings is 6. The largest absolute Gasteiger partial charge is 0.379 e. The van der Waals surface area contributed by atoms with Crippen molar-refractivity contribution in [3.8, 4) is 0 Å². The third-order valence-corrected chi connectivity index (χ3v) is 27.8. The Labute approximate surface area is 754 Å². The molecule has 0 aromatic heterocycles. The molecule has 0 spiro atoms. The highest BCUT2D eigenvalue weighted by molar-refractivity contribution is 7.91. The second kappa shape index (κ2) is 51.6. The number of sulfonamides is 2. The Hall–Kier alpha value is -5.57. The van der Waals surface area contributed by atoms with Gasteiger partial charge >= 0.3 is 0 Å². The van der Waals surface area contributed by atoms with Gasteiger partial charge in [-0.25, -0.2) is 34.7 Å². The summed E-state index contributed by atoms with van der Waals surface area (Å²) in [6.45, 7) is 10.0. The first-order chi connectivity index (χ1) is 59.0. The van der Waals surface area contributed by atoms with Crippen LogP contribution in [-0.4, -0.2) is 261 Å². The molecular formula is C87H116Cl6N8O19S3. The predicted molar refractivity (Wildman–Crippen MR) is 477 cm³/mol. The van der Waals surface area contributed by atoms with E-state index in [2.05, 4.69) is 40.1 Å². The zero-order valence-electron chi connectivity index (χ0n) is 70.3. The van der Waals surface area contributed by atoms with Crippen LogP contribution in [-0.2, 0) is 111 Å². The van der Waals surface area contributed by atoms with Gasteiger partial charge in [-0.1, -0.05) is 113 Å². The van der Waals surface area contributed by atoms with Crippen LogP contribution in [0.25, 0.3) is 0 Å². The summed E-state index contributed by atoms with van der Waals surface area (Å²) < 4.78 is 137. The smallest absolute Gasteiger partial charge is 0.240 e. The number of hydrogen-bond donors (Lipinski definition) is 5. The maximum absolute atomic E-state index is 13.5. The van der Waals surface area contributed by atoms with Crippen molar-refractivity contribution in [1.29, 1.82) is 0 Å². The molecule has 27 nitrogen and oxygen atoms in total. The van der Waals surface area contributed by atoms with E-state index in [1.807, 2.05) is 57.5 Å². The van der Waals surface area contributed by atoms with E-state index in [1.54, 1.807) is 79.7 Å². The minimum Gasteiger partial charge on any atom is -0.379 e. The molecule has 6 aromatic rings. The molecule has 3 heterocycles. The van der Waals surface area contributed by atoms with Crippen LogP contribution in [0.4, 0.5) is 0 Å². The van der Waals surface area contributed by atoms with Crippen molar-refractivity contribution in [2.45, 2.75) is 129 Å². The number of carbonyl (C=O) groups is 4. The summed E-state index contributed by atoms with van der Waals surface area (Å²) in [7, 11) is -5.34. The lowest BCUT2D eigenvalue weighted by Crippen LogP contribution is -2.50. The fourth-order valence-corrected chi connectivity index (χ4v) is 20.3. The third kappa shape index (κ3) is 33.2. The van der Waals surface area contributed by atoms with Crippen LogP contribution in [0.2, 0.25) is 30.1 Å². The molecule has 123 heavy (non-hydrogen) atoms. The molecule has 0 fully saturated rings. The van der Waals surface area contributed by atoms with Crippen molar-refractivity contribution in [2.24, 2.45) is 0 Å². The molecule has 0 saturated heterocycles. The molecule has 3 atom stereocenters. The number of carbonyl (C=O) groups excluding carboxylic acids is 4. The Bertz CT molecular complexity index is 4340. The minimum absolute atomic E-state index is 0.0359. The molecule has 0 radical (unpaired) electrons. The number of nitrogens with zero attached hydrogens (tertiary/aromatic N) is 3. The number of nitrogens with one attached hydrogen (secondary N) is 5. The van der Waals surface area contributed by atoms with Gasteiger partial charge in [0.1, 0.15) is 5.78 Å². The lowest BCUT2D eigenvalue weighted by molar-refractivity contribution is -0.126.